The predicted molar refractivity (Wildman–Crippen MR) is 124 cm³/mol. The van der Waals surface area contributed by atoms with Gasteiger partial charge in [-0.1, -0.05) is 43.3 Å². The van der Waals surface area contributed by atoms with Crippen LogP contribution in [0.3, 0.4) is 0 Å². The minimum absolute atomic E-state index is 0. The van der Waals surface area contributed by atoms with Crippen molar-refractivity contribution in [2.75, 3.05) is 7.05 Å². The molecule has 3 rings (SSSR count). The highest BCUT2D eigenvalue weighted by Gasteiger charge is 2.13. The zero-order valence-electron chi connectivity index (χ0n) is 16.6. The van der Waals surface area contributed by atoms with E-state index in [4.69, 9.17) is 4.52 Å². The fourth-order valence-electron chi connectivity index (χ4n) is 3.19. The van der Waals surface area contributed by atoms with Gasteiger partial charge in [0.1, 0.15) is 0 Å². The Morgan fingerprint density at radius 1 is 1.11 bits per heavy atom. The molecule has 2 heterocycles. The number of halogens is 1. The van der Waals surface area contributed by atoms with E-state index in [9.17, 15) is 0 Å². The van der Waals surface area contributed by atoms with Crippen LogP contribution in [-0.4, -0.2) is 23.1 Å². The van der Waals surface area contributed by atoms with Crippen molar-refractivity contribution in [3.8, 4) is 0 Å². The molecule has 0 spiro atoms. The summed E-state index contributed by atoms with van der Waals surface area (Å²) in [6.07, 6.45) is 3.97. The van der Waals surface area contributed by atoms with E-state index in [2.05, 4.69) is 51.7 Å². The van der Waals surface area contributed by atoms with Crippen LogP contribution in [0.15, 0.2) is 52.1 Å². The number of fused-ring (bicyclic) bond motifs is 1. The van der Waals surface area contributed by atoms with Gasteiger partial charge in [0.2, 0.25) is 0 Å². The fourth-order valence-corrected chi connectivity index (χ4v) is 3.19. The first-order valence-electron chi connectivity index (χ1n) is 9.47. The van der Waals surface area contributed by atoms with Crippen molar-refractivity contribution >= 4 is 40.7 Å². The van der Waals surface area contributed by atoms with E-state index in [-0.39, 0.29) is 24.0 Å². The van der Waals surface area contributed by atoms with Crippen molar-refractivity contribution in [3.63, 3.8) is 0 Å². The molecule has 0 saturated carbocycles. The molecule has 0 amide bonds. The average molecular weight is 493 g/mol. The minimum Gasteiger partial charge on any atom is -0.359 e. The van der Waals surface area contributed by atoms with Gasteiger partial charge in [0.15, 0.2) is 11.7 Å². The van der Waals surface area contributed by atoms with Crippen LogP contribution in [0.5, 0.6) is 0 Å². The number of nitrogens with zero attached hydrogens (tertiary/aromatic N) is 3. The molecule has 6 nitrogen and oxygen atoms in total. The van der Waals surface area contributed by atoms with Crippen molar-refractivity contribution < 1.29 is 4.52 Å². The standard InChI is InChI=1S/C21H27N5O.HI/c1-4-15(5-2)19-12-17(27-26-19)13-24-21(22-3)25-14-20-18-9-7-6-8-16(18)10-11-23-20;/h6-12,15H,4-5,13-14H2,1-3H3,(H2,22,24,25);1H. The summed E-state index contributed by atoms with van der Waals surface area (Å²) >= 11 is 0. The maximum atomic E-state index is 5.46. The van der Waals surface area contributed by atoms with Crippen molar-refractivity contribution in [1.29, 1.82) is 0 Å². The van der Waals surface area contributed by atoms with E-state index in [1.165, 1.54) is 5.39 Å². The molecule has 150 valence electrons. The third-order valence-corrected chi connectivity index (χ3v) is 4.81. The Morgan fingerprint density at radius 3 is 2.61 bits per heavy atom. The summed E-state index contributed by atoms with van der Waals surface area (Å²) in [5.41, 5.74) is 2.02. The zero-order chi connectivity index (χ0) is 19.1. The van der Waals surface area contributed by atoms with Gasteiger partial charge in [-0.25, -0.2) is 0 Å². The molecule has 0 fully saturated rings. The van der Waals surface area contributed by atoms with E-state index in [1.807, 2.05) is 30.5 Å². The minimum atomic E-state index is 0. The van der Waals surface area contributed by atoms with Crippen LogP contribution in [0.25, 0.3) is 10.8 Å². The molecule has 1 aromatic carbocycles. The zero-order valence-corrected chi connectivity index (χ0v) is 18.9. The number of aliphatic imine (C=N–C) groups is 1. The van der Waals surface area contributed by atoms with Gasteiger partial charge in [-0.3, -0.25) is 9.98 Å². The Hall–Kier alpha value is -2.16. The SMILES string of the molecule is CCC(CC)c1cc(CNC(=NC)NCc2nccc3ccccc23)on1.I. The molecule has 28 heavy (non-hydrogen) atoms. The molecular formula is C21H28IN5O. The van der Waals surface area contributed by atoms with E-state index in [0.29, 0.717) is 25.0 Å². The maximum absolute atomic E-state index is 5.46. The van der Waals surface area contributed by atoms with Crippen LogP contribution in [-0.2, 0) is 13.1 Å². The molecule has 0 aliphatic carbocycles. The number of benzene rings is 1. The molecule has 0 atom stereocenters. The van der Waals surface area contributed by atoms with Gasteiger partial charge in [-0.05, 0) is 24.3 Å². The molecule has 0 saturated heterocycles. The number of pyridine rings is 1. The lowest BCUT2D eigenvalue weighted by atomic mass is 9.99. The number of aromatic nitrogens is 2. The summed E-state index contributed by atoms with van der Waals surface area (Å²) in [4.78, 5) is 8.78. The van der Waals surface area contributed by atoms with Gasteiger partial charge in [-0.2, -0.15) is 0 Å². The van der Waals surface area contributed by atoms with Crippen LogP contribution >= 0.6 is 24.0 Å². The van der Waals surface area contributed by atoms with Crippen LogP contribution in [0, 0.1) is 0 Å². The number of nitrogens with one attached hydrogen (secondary N) is 2. The average Bonchev–Trinajstić information content (AvgIpc) is 3.18. The van der Waals surface area contributed by atoms with Gasteiger partial charge >= 0.3 is 0 Å². The van der Waals surface area contributed by atoms with Crippen molar-refractivity contribution in [3.05, 3.63) is 59.7 Å². The number of guanidine groups is 1. The summed E-state index contributed by atoms with van der Waals surface area (Å²) in [5, 5.41) is 13.1. The van der Waals surface area contributed by atoms with Crippen LogP contribution < -0.4 is 10.6 Å². The second-order valence-electron chi connectivity index (χ2n) is 6.49. The lowest BCUT2D eigenvalue weighted by molar-refractivity contribution is 0.368. The molecule has 2 aromatic heterocycles. The molecule has 3 aromatic rings. The molecule has 2 N–H and O–H groups in total. The molecular weight excluding hydrogens is 465 g/mol. The molecule has 0 radical (unpaired) electrons. The first-order valence-corrected chi connectivity index (χ1v) is 9.47. The molecule has 0 unspecified atom stereocenters. The highest BCUT2D eigenvalue weighted by atomic mass is 127. The quantitative estimate of drug-likeness (QED) is 0.286. The second-order valence-corrected chi connectivity index (χ2v) is 6.49. The molecule has 0 aliphatic rings. The highest BCUT2D eigenvalue weighted by Crippen LogP contribution is 2.22. The fraction of sp³-hybridized carbons (Fsp3) is 0.381. The van der Waals surface area contributed by atoms with E-state index < -0.39 is 0 Å². The van der Waals surface area contributed by atoms with E-state index in [0.717, 1.165) is 35.4 Å². The largest absolute Gasteiger partial charge is 0.359 e. The number of hydrogen-bond acceptors (Lipinski definition) is 4. The highest BCUT2D eigenvalue weighted by molar-refractivity contribution is 14.0. The molecule has 7 heteroatoms. The number of rotatable bonds is 7. The number of hydrogen-bond donors (Lipinski definition) is 2. The summed E-state index contributed by atoms with van der Waals surface area (Å²) in [5.74, 6) is 1.96. The van der Waals surface area contributed by atoms with Crippen molar-refractivity contribution in [1.82, 2.24) is 20.8 Å². The van der Waals surface area contributed by atoms with Crippen LogP contribution in [0.4, 0.5) is 0 Å². The molecule has 0 aliphatic heterocycles. The second kappa shape index (κ2) is 11.0. The predicted octanol–water partition coefficient (Wildman–Crippen LogP) is 4.61. The third-order valence-electron chi connectivity index (χ3n) is 4.81. The monoisotopic (exact) mass is 493 g/mol. The Morgan fingerprint density at radius 2 is 1.86 bits per heavy atom. The van der Waals surface area contributed by atoms with Gasteiger partial charge in [0.25, 0.3) is 0 Å². The lowest BCUT2D eigenvalue weighted by Crippen LogP contribution is -2.36. The normalized spacial score (nSPS) is 11.5. The van der Waals surface area contributed by atoms with Gasteiger partial charge in [-0.15, -0.1) is 24.0 Å². The van der Waals surface area contributed by atoms with E-state index in [1.54, 1.807) is 7.05 Å². The third kappa shape index (κ3) is 5.43. The van der Waals surface area contributed by atoms with E-state index >= 15 is 0 Å². The van der Waals surface area contributed by atoms with Gasteiger partial charge in [0, 0.05) is 30.6 Å². The smallest absolute Gasteiger partial charge is 0.191 e. The van der Waals surface area contributed by atoms with Gasteiger partial charge < -0.3 is 15.2 Å². The van der Waals surface area contributed by atoms with Gasteiger partial charge in [0.05, 0.1) is 24.5 Å². The topological polar surface area (TPSA) is 75.3 Å². The first kappa shape index (κ1) is 22.1. The summed E-state index contributed by atoms with van der Waals surface area (Å²) in [6, 6.07) is 12.3. The maximum Gasteiger partial charge on any atom is 0.191 e. The summed E-state index contributed by atoms with van der Waals surface area (Å²) < 4.78 is 5.46. The Balaban J connectivity index is 0.00000280. The Kier molecular flexibility index (Phi) is 8.69. The van der Waals surface area contributed by atoms with Crippen LogP contribution in [0.2, 0.25) is 0 Å². The van der Waals surface area contributed by atoms with Crippen molar-refractivity contribution in [2.24, 2.45) is 4.99 Å². The van der Waals surface area contributed by atoms with Crippen LogP contribution in [0.1, 0.15) is 49.8 Å². The summed E-state index contributed by atoms with van der Waals surface area (Å²) in [6.45, 7) is 5.48. The lowest BCUT2D eigenvalue weighted by Gasteiger charge is -2.11. The summed E-state index contributed by atoms with van der Waals surface area (Å²) in [7, 11) is 1.75. The van der Waals surface area contributed by atoms with Crippen molar-refractivity contribution in [2.45, 2.75) is 45.7 Å². The first-order chi connectivity index (χ1) is 13.2. The Bertz CT molecular complexity index is 899. The molecule has 0 bridgehead atoms. The Labute approximate surface area is 183 Å².